The van der Waals surface area contributed by atoms with Crippen molar-refractivity contribution in [2.24, 2.45) is 5.92 Å². The summed E-state index contributed by atoms with van der Waals surface area (Å²) in [6.07, 6.45) is 6.17. The first-order chi connectivity index (χ1) is 15.9. The van der Waals surface area contributed by atoms with E-state index in [1.807, 2.05) is 38.1 Å². The molecule has 176 valence electrons. The maximum Gasteiger partial charge on any atom is 0.260 e. The molecule has 1 aliphatic carbocycles. The van der Waals surface area contributed by atoms with Crippen molar-refractivity contribution < 1.29 is 18.0 Å². The highest BCUT2D eigenvalue weighted by molar-refractivity contribution is 5.94. The zero-order valence-electron chi connectivity index (χ0n) is 19.2. The number of carbonyl (C=O) groups excluding carboxylic acids is 1. The van der Waals surface area contributed by atoms with Crippen LogP contribution in [0, 0.1) is 23.4 Å². The molecule has 0 saturated heterocycles. The van der Waals surface area contributed by atoms with E-state index < -0.39 is 28.9 Å². The fraction of sp³-hybridized carbons (Fsp3) is 0.462. The Morgan fingerprint density at radius 3 is 2.48 bits per heavy atom. The minimum atomic E-state index is -1.45. The minimum Gasteiger partial charge on any atom is -0.331 e. The zero-order chi connectivity index (χ0) is 23.5. The van der Waals surface area contributed by atoms with Crippen LogP contribution < -0.4 is 0 Å². The highest BCUT2D eigenvalue weighted by Gasteiger charge is 2.28. The number of benzene rings is 2. The van der Waals surface area contributed by atoms with Crippen LogP contribution in [-0.4, -0.2) is 26.9 Å². The number of rotatable bonds is 7. The topological polar surface area (TPSA) is 38.1 Å². The van der Waals surface area contributed by atoms with Crippen LogP contribution in [-0.2, 0) is 6.54 Å². The van der Waals surface area contributed by atoms with Gasteiger partial charge >= 0.3 is 0 Å². The summed E-state index contributed by atoms with van der Waals surface area (Å²) in [6, 6.07) is 9.60. The van der Waals surface area contributed by atoms with E-state index in [1.54, 1.807) is 0 Å². The quantitative estimate of drug-likeness (QED) is 0.373. The third kappa shape index (κ3) is 4.92. The number of amides is 1. The van der Waals surface area contributed by atoms with Gasteiger partial charge in [0.1, 0.15) is 17.2 Å². The van der Waals surface area contributed by atoms with Gasteiger partial charge in [-0.1, -0.05) is 45.2 Å². The van der Waals surface area contributed by atoms with Crippen molar-refractivity contribution in [3.63, 3.8) is 0 Å². The van der Waals surface area contributed by atoms with Crippen molar-refractivity contribution in [3.05, 3.63) is 65.2 Å². The van der Waals surface area contributed by atoms with E-state index in [0.717, 1.165) is 42.8 Å². The van der Waals surface area contributed by atoms with Gasteiger partial charge in [-0.15, -0.1) is 0 Å². The minimum absolute atomic E-state index is 0.103. The Kier molecular flexibility index (Phi) is 7.05. The molecule has 1 fully saturated rings. The van der Waals surface area contributed by atoms with Gasteiger partial charge in [0.05, 0.1) is 17.6 Å². The van der Waals surface area contributed by atoms with E-state index in [-0.39, 0.29) is 18.5 Å². The summed E-state index contributed by atoms with van der Waals surface area (Å²) in [5.41, 5.74) is 0.982. The highest BCUT2D eigenvalue weighted by Crippen LogP contribution is 2.33. The Bertz CT molecular complexity index is 1140. The molecule has 0 atom stereocenters. The van der Waals surface area contributed by atoms with Crippen molar-refractivity contribution in [2.75, 3.05) is 6.54 Å². The Morgan fingerprint density at radius 1 is 1.06 bits per heavy atom. The van der Waals surface area contributed by atoms with Crippen molar-refractivity contribution in [3.8, 4) is 0 Å². The molecule has 0 radical (unpaired) electrons. The largest absolute Gasteiger partial charge is 0.331 e. The average molecular weight is 458 g/mol. The van der Waals surface area contributed by atoms with Gasteiger partial charge < -0.3 is 9.47 Å². The molecule has 0 bridgehead atoms. The predicted octanol–water partition coefficient (Wildman–Crippen LogP) is 6.65. The van der Waals surface area contributed by atoms with E-state index in [1.165, 1.54) is 11.3 Å². The number of hydrogen-bond acceptors (Lipinski definition) is 2. The second kappa shape index (κ2) is 9.98. The van der Waals surface area contributed by atoms with Gasteiger partial charge in [0, 0.05) is 12.6 Å². The molecule has 7 heteroatoms. The maximum absolute atomic E-state index is 14.5. The van der Waals surface area contributed by atoms with Crippen molar-refractivity contribution in [1.29, 1.82) is 0 Å². The second-order valence-electron chi connectivity index (χ2n) is 9.31. The van der Waals surface area contributed by atoms with Gasteiger partial charge in [0.15, 0.2) is 11.6 Å². The van der Waals surface area contributed by atoms with Crippen LogP contribution >= 0.6 is 0 Å². The molecule has 1 amide bonds. The summed E-state index contributed by atoms with van der Waals surface area (Å²) < 4.78 is 44.9. The molecule has 2 aromatic carbocycles. The van der Waals surface area contributed by atoms with Crippen molar-refractivity contribution in [1.82, 2.24) is 14.5 Å². The summed E-state index contributed by atoms with van der Waals surface area (Å²) in [7, 11) is 0. The summed E-state index contributed by atoms with van der Waals surface area (Å²) in [5.74, 6) is -3.63. The lowest BCUT2D eigenvalue weighted by Crippen LogP contribution is -2.35. The molecule has 1 saturated carbocycles. The molecule has 4 nitrogen and oxygen atoms in total. The molecular weight excluding hydrogens is 427 g/mol. The number of carbonyl (C=O) groups is 1. The van der Waals surface area contributed by atoms with Crippen LogP contribution in [0.4, 0.5) is 13.2 Å². The predicted molar refractivity (Wildman–Crippen MR) is 122 cm³/mol. The van der Waals surface area contributed by atoms with E-state index in [0.29, 0.717) is 24.9 Å². The van der Waals surface area contributed by atoms with E-state index in [4.69, 9.17) is 4.98 Å². The summed E-state index contributed by atoms with van der Waals surface area (Å²) in [4.78, 5) is 19.5. The number of nitrogens with zero attached hydrogens (tertiary/aromatic N) is 3. The first-order valence-corrected chi connectivity index (χ1v) is 11.8. The van der Waals surface area contributed by atoms with Crippen LogP contribution in [0.1, 0.15) is 74.6 Å². The number of hydrogen-bond donors (Lipinski definition) is 0. The monoisotopic (exact) mass is 457 g/mol. The Balaban J connectivity index is 1.74. The van der Waals surface area contributed by atoms with Crippen LogP contribution in [0.2, 0.25) is 0 Å². The van der Waals surface area contributed by atoms with Gasteiger partial charge in [-0.25, -0.2) is 18.2 Å². The number of aromatic nitrogens is 2. The van der Waals surface area contributed by atoms with Crippen LogP contribution in [0.3, 0.4) is 0 Å². The highest BCUT2D eigenvalue weighted by atomic mass is 19.2. The average Bonchev–Trinajstić information content (AvgIpc) is 3.17. The second-order valence-corrected chi connectivity index (χ2v) is 9.31. The normalized spacial score (nSPS) is 14.8. The molecule has 1 heterocycles. The van der Waals surface area contributed by atoms with Crippen LogP contribution in [0.25, 0.3) is 11.0 Å². The van der Waals surface area contributed by atoms with Gasteiger partial charge in [-0.05, 0) is 49.4 Å². The first kappa shape index (κ1) is 23.3. The van der Waals surface area contributed by atoms with Crippen molar-refractivity contribution >= 4 is 16.9 Å². The van der Waals surface area contributed by atoms with E-state index in [9.17, 15) is 18.0 Å². The lowest BCUT2D eigenvalue weighted by molar-refractivity contribution is 0.0716. The van der Waals surface area contributed by atoms with Gasteiger partial charge in [-0.2, -0.15) is 0 Å². The van der Waals surface area contributed by atoms with Crippen LogP contribution in [0.5, 0.6) is 0 Å². The molecule has 0 unspecified atom stereocenters. The molecule has 4 rings (SSSR count). The standard InChI is InChI=1S/C26H30F3N3O/c1-17(2)14-15-31(26(33)24-19(27)12-13-20(28)25(24)29)16-23-30-21-10-6-7-11-22(21)32(23)18-8-4-3-5-9-18/h6-7,10-13,17-18H,3-5,8-9,14-16H2,1-2H3. The van der Waals surface area contributed by atoms with Gasteiger partial charge in [0.2, 0.25) is 0 Å². The van der Waals surface area contributed by atoms with E-state index >= 15 is 0 Å². The Labute approximate surface area is 192 Å². The lowest BCUT2D eigenvalue weighted by Gasteiger charge is -2.28. The fourth-order valence-electron chi connectivity index (χ4n) is 4.67. The number of para-hydroxylation sites is 2. The van der Waals surface area contributed by atoms with Crippen LogP contribution in [0.15, 0.2) is 36.4 Å². The fourth-order valence-corrected chi connectivity index (χ4v) is 4.67. The molecule has 0 aliphatic heterocycles. The molecular formula is C26H30F3N3O. The summed E-state index contributed by atoms with van der Waals surface area (Å²) >= 11 is 0. The van der Waals surface area contributed by atoms with Gasteiger partial charge in [0.25, 0.3) is 5.91 Å². The lowest BCUT2D eigenvalue weighted by atomic mass is 9.95. The summed E-state index contributed by atoms with van der Waals surface area (Å²) in [6.45, 7) is 4.43. The Hall–Kier alpha value is -2.83. The molecule has 3 aromatic rings. The SMILES string of the molecule is CC(C)CCN(Cc1nc2ccccc2n1C1CCCCC1)C(=O)c1c(F)ccc(F)c1F. The smallest absolute Gasteiger partial charge is 0.260 e. The maximum atomic E-state index is 14.5. The molecule has 1 aromatic heterocycles. The molecule has 0 N–H and O–H groups in total. The first-order valence-electron chi connectivity index (χ1n) is 11.8. The van der Waals surface area contributed by atoms with Gasteiger partial charge in [-0.3, -0.25) is 4.79 Å². The molecule has 33 heavy (non-hydrogen) atoms. The summed E-state index contributed by atoms with van der Waals surface area (Å²) in [5, 5.41) is 0. The number of imidazole rings is 1. The number of halogens is 3. The number of fused-ring (bicyclic) bond motifs is 1. The Morgan fingerprint density at radius 2 is 1.76 bits per heavy atom. The van der Waals surface area contributed by atoms with Crippen molar-refractivity contribution in [2.45, 2.75) is 65.0 Å². The third-order valence-electron chi connectivity index (χ3n) is 6.46. The molecule has 1 aliphatic rings. The zero-order valence-corrected chi connectivity index (χ0v) is 19.2. The third-order valence-corrected chi connectivity index (χ3v) is 6.46. The van der Waals surface area contributed by atoms with E-state index in [2.05, 4.69) is 4.57 Å². The molecule has 0 spiro atoms.